The number of hydrogen-bond donors (Lipinski definition) is 1. The molecule has 0 bridgehead atoms. The first-order valence-corrected chi connectivity index (χ1v) is 8.65. The van der Waals surface area contributed by atoms with Gasteiger partial charge in [0.1, 0.15) is 0 Å². The summed E-state index contributed by atoms with van der Waals surface area (Å²) >= 11 is 6.05. The molecule has 0 aliphatic carbocycles. The molecule has 132 valence electrons. The highest BCUT2D eigenvalue weighted by Gasteiger charge is 2.38. The lowest BCUT2D eigenvalue weighted by atomic mass is 9.99. The fraction of sp³-hybridized carbons (Fsp3) is 0.389. The van der Waals surface area contributed by atoms with Gasteiger partial charge in [0, 0.05) is 18.1 Å². The lowest BCUT2D eigenvalue weighted by molar-refractivity contribution is -0.142. The Morgan fingerprint density at radius 1 is 1.36 bits per heavy atom. The van der Waals surface area contributed by atoms with E-state index < -0.39 is 11.9 Å². The van der Waals surface area contributed by atoms with Crippen LogP contribution in [-0.2, 0) is 11.2 Å². The molecule has 1 aliphatic rings. The third-order valence-corrected chi connectivity index (χ3v) is 4.94. The molecular formula is C18H20ClN3O3. The lowest BCUT2D eigenvalue weighted by Gasteiger charge is -2.16. The second-order valence-corrected chi connectivity index (χ2v) is 6.82. The monoisotopic (exact) mass is 361 g/mol. The normalized spacial score (nSPS) is 20.0. The first-order valence-electron chi connectivity index (χ1n) is 8.27. The summed E-state index contributed by atoms with van der Waals surface area (Å²) in [5.74, 6) is -1.60. The van der Waals surface area contributed by atoms with Gasteiger partial charge in [-0.25, -0.2) is 4.68 Å². The van der Waals surface area contributed by atoms with Gasteiger partial charge in [0.15, 0.2) is 0 Å². The number of carboxylic acids is 1. The Morgan fingerprint density at radius 3 is 2.72 bits per heavy atom. The van der Waals surface area contributed by atoms with E-state index in [0.717, 1.165) is 11.4 Å². The van der Waals surface area contributed by atoms with Crippen LogP contribution in [0.1, 0.15) is 29.9 Å². The summed E-state index contributed by atoms with van der Waals surface area (Å²) < 4.78 is 1.72. The Balaban J connectivity index is 1.91. The molecule has 0 radical (unpaired) electrons. The SMILES string of the molecule is CCc1c(C(=O)N2C[C@@H](C)[C@H](C(=O)O)C2)cnn1-c1cccc(Cl)c1. The number of aliphatic carboxylic acids is 1. The van der Waals surface area contributed by atoms with E-state index in [4.69, 9.17) is 11.6 Å². The molecule has 7 heteroatoms. The average molecular weight is 362 g/mol. The molecule has 1 fully saturated rings. The van der Waals surface area contributed by atoms with E-state index in [1.807, 2.05) is 26.0 Å². The maximum atomic E-state index is 12.9. The molecule has 2 heterocycles. The standard InChI is InChI=1S/C18H20ClN3O3/c1-3-16-14(8-20-22(16)13-6-4-5-12(19)7-13)17(23)21-9-11(2)15(10-21)18(24)25/h4-8,11,15H,3,9-10H2,1-2H3,(H,24,25)/t11-,15-/m1/s1. The van der Waals surface area contributed by atoms with E-state index in [9.17, 15) is 14.7 Å². The minimum absolute atomic E-state index is 0.0606. The van der Waals surface area contributed by atoms with Crippen LogP contribution in [0.3, 0.4) is 0 Å². The van der Waals surface area contributed by atoms with Gasteiger partial charge < -0.3 is 10.0 Å². The van der Waals surface area contributed by atoms with Crippen molar-refractivity contribution in [1.29, 1.82) is 0 Å². The summed E-state index contributed by atoms with van der Waals surface area (Å²) in [5.41, 5.74) is 2.10. The van der Waals surface area contributed by atoms with Crippen LogP contribution in [0.15, 0.2) is 30.5 Å². The quantitative estimate of drug-likeness (QED) is 0.908. The van der Waals surface area contributed by atoms with Gasteiger partial charge in [-0.15, -0.1) is 0 Å². The molecule has 0 unspecified atom stereocenters. The van der Waals surface area contributed by atoms with Gasteiger partial charge in [0.2, 0.25) is 0 Å². The number of carbonyl (C=O) groups excluding carboxylic acids is 1. The molecule has 1 aromatic carbocycles. The number of nitrogens with zero attached hydrogens (tertiary/aromatic N) is 3. The maximum absolute atomic E-state index is 12.9. The number of benzene rings is 1. The van der Waals surface area contributed by atoms with Gasteiger partial charge in [-0.05, 0) is 30.5 Å². The number of rotatable bonds is 4. The van der Waals surface area contributed by atoms with Crippen LogP contribution >= 0.6 is 11.6 Å². The Bertz CT molecular complexity index is 818. The molecular weight excluding hydrogens is 342 g/mol. The average Bonchev–Trinajstić information content (AvgIpc) is 3.17. The number of carbonyl (C=O) groups is 2. The van der Waals surface area contributed by atoms with Crippen molar-refractivity contribution in [2.24, 2.45) is 11.8 Å². The number of halogens is 1. The zero-order chi connectivity index (χ0) is 18.1. The highest BCUT2D eigenvalue weighted by molar-refractivity contribution is 6.30. The van der Waals surface area contributed by atoms with Gasteiger partial charge in [-0.1, -0.05) is 31.5 Å². The van der Waals surface area contributed by atoms with Gasteiger partial charge in [-0.2, -0.15) is 5.10 Å². The largest absolute Gasteiger partial charge is 0.481 e. The third-order valence-electron chi connectivity index (χ3n) is 4.70. The molecule has 3 rings (SSSR count). The maximum Gasteiger partial charge on any atom is 0.308 e. The molecule has 1 saturated heterocycles. The summed E-state index contributed by atoms with van der Waals surface area (Å²) in [4.78, 5) is 25.8. The molecule has 1 aromatic heterocycles. The highest BCUT2D eigenvalue weighted by Crippen LogP contribution is 2.26. The second kappa shape index (κ2) is 6.88. The second-order valence-electron chi connectivity index (χ2n) is 6.38. The minimum Gasteiger partial charge on any atom is -0.481 e. The predicted molar refractivity (Wildman–Crippen MR) is 94.1 cm³/mol. The van der Waals surface area contributed by atoms with Crippen molar-refractivity contribution >= 4 is 23.5 Å². The molecule has 0 saturated carbocycles. The fourth-order valence-corrected chi connectivity index (χ4v) is 3.53. The van der Waals surface area contributed by atoms with Crippen molar-refractivity contribution in [3.8, 4) is 5.69 Å². The van der Waals surface area contributed by atoms with Crippen LogP contribution in [0.2, 0.25) is 5.02 Å². The Kier molecular flexibility index (Phi) is 4.81. The zero-order valence-corrected chi connectivity index (χ0v) is 14.9. The Morgan fingerprint density at radius 2 is 2.12 bits per heavy atom. The van der Waals surface area contributed by atoms with Crippen LogP contribution in [0, 0.1) is 11.8 Å². The summed E-state index contributed by atoms with van der Waals surface area (Å²) in [6.45, 7) is 4.51. The minimum atomic E-state index is -0.854. The van der Waals surface area contributed by atoms with Crippen molar-refractivity contribution < 1.29 is 14.7 Å². The highest BCUT2D eigenvalue weighted by atomic mass is 35.5. The van der Waals surface area contributed by atoms with Crippen molar-refractivity contribution in [2.45, 2.75) is 20.3 Å². The summed E-state index contributed by atoms with van der Waals surface area (Å²) in [6, 6.07) is 7.29. The third kappa shape index (κ3) is 3.26. The summed E-state index contributed by atoms with van der Waals surface area (Å²) in [5, 5.41) is 14.2. The summed E-state index contributed by atoms with van der Waals surface area (Å²) in [6.07, 6.45) is 2.18. The molecule has 25 heavy (non-hydrogen) atoms. The van der Waals surface area contributed by atoms with E-state index in [-0.39, 0.29) is 18.4 Å². The topological polar surface area (TPSA) is 75.4 Å². The zero-order valence-electron chi connectivity index (χ0n) is 14.1. The number of carboxylic acid groups (broad SMARTS) is 1. The molecule has 2 aromatic rings. The van der Waals surface area contributed by atoms with Gasteiger partial charge in [0.05, 0.1) is 29.1 Å². The van der Waals surface area contributed by atoms with Crippen molar-refractivity contribution in [2.75, 3.05) is 13.1 Å². The van der Waals surface area contributed by atoms with Crippen molar-refractivity contribution in [3.05, 3.63) is 46.7 Å². The van der Waals surface area contributed by atoms with E-state index in [0.29, 0.717) is 23.6 Å². The smallest absolute Gasteiger partial charge is 0.308 e. The van der Waals surface area contributed by atoms with Gasteiger partial charge >= 0.3 is 5.97 Å². The Labute approximate surface area is 151 Å². The van der Waals surface area contributed by atoms with E-state index >= 15 is 0 Å². The molecule has 6 nitrogen and oxygen atoms in total. The van der Waals surface area contributed by atoms with Crippen LogP contribution in [-0.4, -0.2) is 44.8 Å². The van der Waals surface area contributed by atoms with Crippen LogP contribution in [0.5, 0.6) is 0 Å². The summed E-state index contributed by atoms with van der Waals surface area (Å²) in [7, 11) is 0. The first kappa shape index (κ1) is 17.5. The molecule has 1 aliphatic heterocycles. The van der Waals surface area contributed by atoms with E-state index in [1.54, 1.807) is 27.9 Å². The number of hydrogen-bond acceptors (Lipinski definition) is 3. The van der Waals surface area contributed by atoms with Gasteiger partial charge in [0.25, 0.3) is 5.91 Å². The Hall–Kier alpha value is -2.34. The molecule has 2 atom stereocenters. The first-order chi connectivity index (χ1) is 11.9. The molecule has 1 amide bonds. The van der Waals surface area contributed by atoms with Gasteiger partial charge in [-0.3, -0.25) is 9.59 Å². The van der Waals surface area contributed by atoms with E-state index in [1.165, 1.54) is 0 Å². The fourth-order valence-electron chi connectivity index (χ4n) is 3.35. The number of likely N-dealkylation sites (tertiary alicyclic amines) is 1. The number of aromatic nitrogens is 2. The number of amides is 1. The van der Waals surface area contributed by atoms with Crippen molar-refractivity contribution in [3.63, 3.8) is 0 Å². The molecule has 0 spiro atoms. The van der Waals surface area contributed by atoms with E-state index in [2.05, 4.69) is 5.10 Å². The van der Waals surface area contributed by atoms with Crippen LogP contribution in [0.4, 0.5) is 0 Å². The molecule has 1 N–H and O–H groups in total. The van der Waals surface area contributed by atoms with Crippen molar-refractivity contribution in [1.82, 2.24) is 14.7 Å². The van der Waals surface area contributed by atoms with Crippen LogP contribution in [0.25, 0.3) is 5.69 Å². The van der Waals surface area contributed by atoms with Crippen LogP contribution < -0.4 is 0 Å². The lowest BCUT2D eigenvalue weighted by Crippen LogP contribution is -2.30. The predicted octanol–water partition coefficient (Wildman–Crippen LogP) is 2.88.